The summed E-state index contributed by atoms with van der Waals surface area (Å²) in [6.45, 7) is 6.44. The van der Waals surface area contributed by atoms with Crippen LogP contribution in [0, 0.1) is 0 Å². The topological polar surface area (TPSA) is 62.8 Å². The van der Waals surface area contributed by atoms with Gasteiger partial charge in [-0.05, 0) is 6.07 Å². The lowest BCUT2D eigenvalue weighted by Crippen LogP contribution is -2.13. The molecule has 2 rings (SSSR count). The Morgan fingerprint density at radius 1 is 1.12 bits per heavy atom. The van der Waals surface area contributed by atoms with Crippen LogP contribution in [0.2, 0.25) is 15.2 Å². The molecule has 9 heteroatoms. The summed E-state index contributed by atoms with van der Waals surface area (Å²) in [5.41, 5.74) is -0.147. The number of ether oxygens (including phenoxy) is 3. The molecule has 2 aromatic rings. The zero-order chi connectivity index (χ0) is 19.5. The summed E-state index contributed by atoms with van der Waals surface area (Å²) < 4.78 is 22.1. The second-order valence-corrected chi connectivity index (χ2v) is 7.64. The van der Waals surface area contributed by atoms with E-state index >= 15 is 0 Å². The molecule has 6 nitrogen and oxygen atoms in total. The standard InChI is InChI=1S/C17H20Cl3NO5/c1-17(2,3)14-15(20)21(16(22)26-14)12-8-13(11(19)7-10(12)18)25-9-24-6-5-23-4/h7-8H,5-6,9H2,1-4H3. The van der Waals surface area contributed by atoms with Gasteiger partial charge >= 0.3 is 5.76 Å². The molecule has 0 saturated carbocycles. The molecule has 0 aliphatic heterocycles. The van der Waals surface area contributed by atoms with Crippen LogP contribution in [0.5, 0.6) is 5.75 Å². The van der Waals surface area contributed by atoms with Crippen molar-refractivity contribution >= 4 is 34.8 Å². The quantitative estimate of drug-likeness (QED) is 0.477. The van der Waals surface area contributed by atoms with Crippen molar-refractivity contribution in [3.63, 3.8) is 0 Å². The SMILES string of the molecule is COCCOCOc1cc(-n2c(Cl)c(C(C)(C)C)oc2=O)c(Cl)cc1Cl. The molecule has 0 spiro atoms. The van der Waals surface area contributed by atoms with Gasteiger partial charge in [0.2, 0.25) is 0 Å². The van der Waals surface area contributed by atoms with E-state index in [0.29, 0.717) is 30.4 Å². The Morgan fingerprint density at radius 2 is 1.81 bits per heavy atom. The molecule has 1 aromatic carbocycles. The van der Waals surface area contributed by atoms with Crippen LogP contribution in [0.15, 0.2) is 21.3 Å². The van der Waals surface area contributed by atoms with E-state index in [9.17, 15) is 4.79 Å². The monoisotopic (exact) mass is 423 g/mol. The molecule has 0 atom stereocenters. The van der Waals surface area contributed by atoms with Crippen molar-refractivity contribution in [3.8, 4) is 11.4 Å². The lowest BCUT2D eigenvalue weighted by Gasteiger charge is -2.15. The van der Waals surface area contributed by atoms with Crippen molar-refractivity contribution in [3.05, 3.63) is 43.6 Å². The van der Waals surface area contributed by atoms with Crippen molar-refractivity contribution in [1.82, 2.24) is 4.57 Å². The Balaban J connectivity index is 2.37. The predicted octanol–water partition coefficient (Wildman–Crippen LogP) is 4.69. The Hall–Kier alpha value is -1.18. The first-order valence-electron chi connectivity index (χ1n) is 7.77. The minimum atomic E-state index is -0.647. The van der Waals surface area contributed by atoms with Gasteiger partial charge in [-0.1, -0.05) is 55.6 Å². The minimum Gasteiger partial charge on any atom is -0.466 e. The first-order valence-corrected chi connectivity index (χ1v) is 8.91. The lowest BCUT2D eigenvalue weighted by atomic mass is 9.94. The zero-order valence-corrected chi connectivity index (χ0v) is 17.2. The molecule has 0 aliphatic rings. The number of halogens is 3. The molecule has 1 heterocycles. The number of hydrogen-bond acceptors (Lipinski definition) is 5. The molecule has 0 amide bonds. The highest BCUT2D eigenvalue weighted by atomic mass is 35.5. The molecule has 26 heavy (non-hydrogen) atoms. The van der Waals surface area contributed by atoms with Crippen molar-refractivity contribution in [2.45, 2.75) is 26.2 Å². The Morgan fingerprint density at radius 3 is 2.38 bits per heavy atom. The fourth-order valence-corrected chi connectivity index (χ4v) is 3.13. The normalized spacial score (nSPS) is 11.8. The molecule has 144 valence electrons. The first-order chi connectivity index (χ1) is 12.2. The molecular weight excluding hydrogens is 405 g/mol. The summed E-state index contributed by atoms with van der Waals surface area (Å²) in [4.78, 5) is 12.3. The van der Waals surface area contributed by atoms with Crippen molar-refractivity contribution in [1.29, 1.82) is 0 Å². The summed E-state index contributed by atoms with van der Waals surface area (Å²) >= 11 is 18.8. The number of methoxy groups -OCH3 is 1. The second kappa shape index (κ2) is 8.67. The Labute approximate surface area is 166 Å². The van der Waals surface area contributed by atoms with Gasteiger partial charge in [-0.25, -0.2) is 9.36 Å². The van der Waals surface area contributed by atoms with Crippen molar-refractivity contribution in [2.75, 3.05) is 27.1 Å². The van der Waals surface area contributed by atoms with E-state index in [-0.39, 0.29) is 22.0 Å². The third-order valence-corrected chi connectivity index (χ3v) is 4.35. The summed E-state index contributed by atoms with van der Waals surface area (Å²) in [6, 6.07) is 2.98. The molecule has 0 bridgehead atoms. The average molecular weight is 425 g/mol. The zero-order valence-electron chi connectivity index (χ0n) is 14.9. The minimum absolute atomic E-state index is 0.0363. The van der Waals surface area contributed by atoms with E-state index in [4.69, 9.17) is 53.4 Å². The van der Waals surface area contributed by atoms with Crippen LogP contribution in [0.25, 0.3) is 5.69 Å². The number of benzene rings is 1. The highest BCUT2D eigenvalue weighted by Crippen LogP contribution is 2.36. The van der Waals surface area contributed by atoms with Crippen molar-refractivity contribution < 1.29 is 18.6 Å². The van der Waals surface area contributed by atoms with Crippen LogP contribution < -0.4 is 10.5 Å². The fourth-order valence-electron chi connectivity index (χ4n) is 2.13. The summed E-state index contributed by atoms with van der Waals surface area (Å²) in [6.07, 6.45) is 0. The van der Waals surface area contributed by atoms with Crippen LogP contribution >= 0.6 is 34.8 Å². The van der Waals surface area contributed by atoms with Gasteiger partial charge in [0.1, 0.15) is 5.75 Å². The fraction of sp³-hybridized carbons (Fsp3) is 0.471. The van der Waals surface area contributed by atoms with Gasteiger partial charge in [0, 0.05) is 18.6 Å². The maximum absolute atomic E-state index is 12.3. The number of nitrogens with zero attached hydrogens (tertiary/aromatic N) is 1. The second-order valence-electron chi connectivity index (χ2n) is 6.47. The molecule has 0 unspecified atom stereocenters. The molecule has 0 aliphatic carbocycles. The molecule has 0 N–H and O–H groups in total. The molecule has 0 saturated heterocycles. The van der Waals surface area contributed by atoms with Crippen LogP contribution in [-0.2, 0) is 14.9 Å². The summed E-state index contributed by atoms with van der Waals surface area (Å²) in [5, 5.41) is 0.653. The first kappa shape index (κ1) is 21.1. The van der Waals surface area contributed by atoms with E-state index < -0.39 is 11.2 Å². The van der Waals surface area contributed by atoms with E-state index in [0.717, 1.165) is 0 Å². The molecular formula is C17H20Cl3NO5. The van der Waals surface area contributed by atoms with Crippen LogP contribution in [0.3, 0.4) is 0 Å². The predicted molar refractivity (Wildman–Crippen MR) is 101 cm³/mol. The van der Waals surface area contributed by atoms with Gasteiger partial charge in [0.15, 0.2) is 17.7 Å². The van der Waals surface area contributed by atoms with E-state index in [1.54, 1.807) is 7.11 Å². The average Bonchev–Trinajstić information content (AvgIpc) is 2.84. The largest absolute Gasteiger partial charge is 0.466 e. The maximum atomic E-state index is 12.3. The van der Waals surface area contributed by atoms with Gasteiger partial charge < -0.3 is 18.6 Å². The smallest absolute Gasteiger partial charge is 0.425 e. The van der Waals surface area contributed by atoms with E-state index in [2.05, 4.69) is 0 Å². The maximum Gasteiger partial charge on any atom is 0.425 e. The van der Waals surface area contributed by atoms with Crippen molar-refractivity contribution in [2.24, 2.45) is 0 Å². The number of rotatable bonds is 7. The number of aromatic nitrogens is 1. The molecule has 0 radical (unpaired) electrons. The van der Waals surface area contributed by atoms with Gasteiger partial charge in [-0.3, -0.25) is 0 Å². The summed E-state index contributed by atoms with van der Waals surface area (Å²) in [5.74, 6) is 0.0111. The van der Waals surface area contributed by atoms with Crippen LogP contribution in [-0.4, -0.2) is 31.7 Å². The molecule has 1 aromatic heterocycles. The summed E-state index contributed by atoms with van der Waals surface area (Å²) in [7, 11) is 1.57. The van der Waals surface area contributed by atoms with Gasteiger partial charge in [-0.2, -0.15) is 0 Å². The Bertz CT molecular complexity index is 823. The third-order valence-electron chi connectivity index (χ3n) is 3.41. The van der Waals surface area contributed by atoms with Crippen LogP contribution in [0.4, 0.5) is 0 Å². The van der Waals surface area contributed by atoms with Crippen LogP contribution in [0.1, 0.15) is 26.5 Å². The lowest BCUT2D eigenvalue weighted by molar-refractivity contribution is -0.00842. The van der Waals surface area contributed by atoms with Gasteiger partial charge in [0.05, 0.1) is 28.9 Å². The Kier molecular flexibility index (Phi) is 7.05. The molecule has 0 fully saturated rings. The van der Waals surface area contributed by atoms with Gasteiger partial charge in [-0.15, -0.1) is 0 Å². The highest BCUT2D eigenvalue weighted by Gasteiger charge is 2.28. The van der Waals surface area contributed by atoms with E-state index in [1.165, 1.54) is 16.7 Å². The number of hydrogen-bond donors (Lipinski definition) is 0. The highest BCUT2D eigenvalue weighted by molar-refractivity contribution is 6.37. The van der Waals surface area contributed by atoms with Gasteiger partial charge in [0.25, 0.3) is 0 Å². The third kappa shape index (κ3) is 4.75. The number of oxazole rings is 1. The van der Waals surface area contributed by atoms with E-state index in [1.807, 2.05) is 20.8 Å².